The standard InChI is InChI=1S/C19H26NO10P/c1-18(2,3)16(22)25-10-27-31(24,28-11-26-17(23)19(4,5)6)15-8-7-13(29-15)12-9-14(21)30-20-12/h7-8H,9-11H2,1-6H3. The van der Waals surface area contributed by atoms with Crippen molar-refractivity contribution in [1.29, 1.82) is 0 Å². The first kappa shape index (κ1) is 24.8. The minimum Gasteiger partial charge on any atom is -0.447 e. The third-order valence-electron chi connectivity index (χ3n) is 3.77. The number of carbonyl (C=O) groups excluding carboxylic acids is 3. The van der Waals surface area contributed by atoms with E-state index in [2.05, 4.69) is 9.99 Å². The molecule has 0 amide bonds. The predicted molar refractivity (Wildman–Crippen MR) is 106 cm³/mol. The number of hydrogen-bond donors (Lipinski definition) is 0. The summed E-state index contributed by atoms with van der Waals surface area (Å²) >= 11 is 0. The normalized spacial score (nSPS) is 14.8. The van der Waals surface area contributed by atoms with E-state index in [1.54, 1.807) is 41.5 Å². The van der Waals surface area contributed by atoms with E-state index in [0.29, 0.717) is 0 Å². The second-order valence-electron chi connectivity index (χ2n) is 8.67. The van der Waals surface area contributed by atoms with Crippen molar-refractivity contribution < 1.29 is 46.7 Å². The van der Waals surface area contributed by atoms with E-state index in [0.717, 1.165) is 0 Å². The highest BCUT2D eigenvalue weighted by molar-refractivity contribution is 7.61. The molecule has 0 aliphatic carbocycles. The van der Waals surface area contributed by atoms with Gasteiger partial charge in [0.2, 0.25) is 19.1 Å². The number of oxime groups is 1. The summed E-state index contributed by atoms with van der Waals surface area (Å²) in [6.45, 7) is 8.45. The van der Waals surface area contributed by atoms with Crippen molar-refractivity contribution in [1.82, 2.24) is 0 Å². The summed E-state index contributed by atoms with van der Waals surface area (Å²) in [6.07, 6.45) is -0.120. The van der Waals surface area contributed by atoms with Crippen molar-refractivity contribution in [2.24, 2.45) is 16.0 Å². The molecule has 172 valence electrons. The van der Waals surface area contributed by atoms with E-state index in [1.165, 1.54) is 12.1 Å². The molecule has 0 saturated carbocycles. The third-order valence-corrected chi connectivity index (χ3v) is 5.44. The molecule has 31 heavy (non-hydrogen) atoms. The zero-order chi connectivity index (χ0) is 23.4. The van der Waals surface area contributed by atoms with Gasteiger partial charge in [0.25, 0.3) is 0 Å². The fraction of sp³-hybridized carbons (Fsp3) is 0.579. The molecule has 1 aliphatic rings. The lowest BCUT2D eigenvalue weighted by atomic mass is 9.98. The van der Waals surface area contributed by atoms with Gasteiger partial charge in [-0.2, -0.15) is 0 Å². The third kappa shape index (κ3) is 6.75. The lowest BCUT2D eigenvalue weighted by Crippen LogP contribution is -2.25. The molecule has 2 heterocycles. The van der Waals surface area contributed by atoms with Crippen LogP contribution in [0.2, 0.25) is 0 Å². The molecule has 0 aromatic carbocycles. The van der Waals surface area contributed by atoms with Gasteiger partial charge in [0.15, 0.2) is 5.76 Å². The first-order valence-electron chi connectivity index (χ1n) is 9.33. The first-order valence-corrected chi connectivity index (χ1v) is 10.9. The molecule has 12 heteroatoms. The molecule has 0 N–H and O–H groups in total. The highest BCUT2D eigenvalue weighted by Crippen LogP contribution is 2.47. The quantitative estimate of drug-likeness (QED) is 0.247. The second kappa shape index (κ2) is 9.33. The molecule has 11 nitrogen and oxygen atoms in total. The van der Waals surface area contributed by atoms with Crippen LogP contribution >= 0.6 is 7.60 Å². The van der Waals surface area contributed by atoms with Crippen LogP contribution < -0.4 is 5.50 Å². The minimum absolute atomic E-state index is 0.117. The zero-order valence-electron chi connectivity index (χ0n) is 18.3. The number of esters is 2. The summed E-state index contributed by atoms with van der Waals surface area (Å²) < 4.78 is 39.2. The summed E-state index contributed by atoms with van der Waals surface area (Å²) in [6, 6.07) is 2.69. The molecule has 0 radical (unpaired) electrons. The van der Waals surface area contributed by atoms with Gasteiger partial charge in [-0.25, -0.2) is 4.79 Å². The molecule has 0 saturated heterocycles. The zero-order valence-corrected chi connectivity index (χ0v) is 19.1. The predicted octanol–water partition coefficient (Wildman–Crippen LogP) is 2.88. The summed E-state index contributed by atoms with van der Waals surface area (Å²) in [5.41, 5.74) is -1.67. The van der Waals surface area contributed by atoms with Gasteiger partial charge in [-0.05, 0) is 53.7 Å². The van der Waals surface area contributed by atoms with Crippen LogP contribution in [0.25, 0.3) is 0 Å². The first-order chi connectivity index (χ1) is 14.2. The van der Waals surface area contributed by atoms with Crippen LogP contribution in [-0.2, 0) is 42.3 Å². The molecule has 1 aromatic heterocycles. The summed E-state index contributed by atoms with van der Waals surface area (Å²) in [5.74, 6) is -1.62. The van der Waals surface area contributed by atoms with Gasteiger partial charge < -0.3 is 18.7 Å². The van der Waals surface area contributed by atoms with Crippen molar-refractivity contribution in [3.05, 3.63) is 17.9 Å². The molecule has 2 rings (SSSR count). The SMILES string of the molecule is CC(C)(C)C(=O)OCOP(=O)(OCOC(=O)C(C)(C)C)c1ccc(C2=NOC(=O)C2)o1. The topological polar surface area (TPSA) is 140 Å². The maximum absolute atomic E-state index is 13.3. The Hall–Kier alpha value is -2.49. The summed E-state index contributed by atoms with van der Waals surface area (Å²) in [5, 5.41) is 3.57. The van der Waals surface area contributed by atoms with Crippen molar-refractivity contribution in [2.75, 3.05) is 13.6 Å². The van der Waals surface area contributed by atoms with Gasteiger partial charge in [0.1, 0.15) is 5.71 Å². The van der Waals surface area contributed by atoms with Gasteiger partial charge in [0, 0.05) is 0 Å². The van der Waals surface area contributed by atoms with E-state index >= 15 is 0 Å². The molecular formula is C19H26NO10P. The van der Waals surface area contributed by atoms with Crippen molar-refractivity contribution in [3.8, 4) is 0 Å². The Morgan fingerprint density at radius 2 is 1.52 bits per heavy atom. The molecule has 0 bridgehead atoms. The van der Waals surface area contributed by atoms with Gasteiger partial charge in [-0.1, -0.05) is 5.16 Å². The van der Waals surface area contributed by atoms with E-state index in [1.807, 2.05) is 0 Å². The molecule has 0 atom stereocenters. The Kier molecular flexibility index (Phi) is 7.46. The van der Waals surface area contributed by atoms with Gasteiger partial charge in [0.05, 0.1) is 17.3 Å². The second-order valence-corrected chi connectivity index (χ2v) is 10.6. The smallest absolute Gasteiger partial charge is 0.402 e. The maximum Gasteiger partial charge on any atom is 0.402 e. The molecule has 0 unspecified atom stereocenters. The molecule has 0 spiro atoms. The lowest BCUT2D eigenvalue weighted by Gasteiger charge is -2.20. The van der Waals surface area contributed by atoms with Crippen LogP contribution in [0.3, 0.4) is 0 Å². The molecular weight excluding hydrogens is 433 g/mol. The van der Waals surface area contributed by atoms with E-state index in [-0.39, 0.29) is 23.4 Å². The molecule has 1 aliphatic heterocycles. The fourth-order valence-corrected chi connectivity index (χ4v) is 3.14. The number of furan rings is 1. The van der Waals surface area contributed by atoms with Crippen molar-refractivity contribution >= 4 is 36.7 Å². The largest absolute Gasteiger partial charge is 0.447 e. The van der Waals surface area contributed by atoms with Crippen LogP contribution in [0.1, 0.15) is 53.7 Å². The highest BCUT2D eigenvalue weighted by Gasteiger charge is 2.36. The average Bonchev–Trinajstić information content (AvgIpc) is 3.29. The van der Waals surface area contributed by atoms with Gasteiger partial charge >= 0.3 is 25.5 Å². The lowest BCUT2D eigenvalue weighted by molar-refractivity contribution is -0.161. The maximum atomic E-state index is 13.3. The average molecular weight is 459 g/mol. The van der Waals surface area contributed by atoms with Crippen molar-refractivity contribution in [3.63, 3.8) is 0 Å². The Balaban J connectivity index is 2.14. The Morgan fingerprint density at radius 1 is 1.00 bits per heavy atom. The highest BCUT2D eigenvalue weighted by atomic mass is 31.2. The van der Waals surface area contributed by atoms with E-state index < -0.39 is 49.9 Å². The van der Waals surface area contributed by atoms with Crippen molar-refractivity contribution in [2.45, 2.75) is 48.0 Å². The van der Waals surface area contributed by atoms with Gasteiger partial charge in [-0.3, -0.25) is 23.2 Å². The number of rotatable bonds is 8. The van der Waals surface area contributed by atoms with Crippen LogP contribution in [-0.4, -0.2) is 37.2 Å². The van der Waals surface area contributed by atoms with Gasteiger partial charge in [-0.15, -0.1) is 0 Å². The van der Waals surface area contributed by atoms with Crippen LogP contribution in [0.4, 0.5) is 0 Å². The number of ether oxygens (including phenoxy) is 2. The fourth-order valence-electron chi connectivity index (χ4n) is 1.97. The number of hydrogen-bond acceptors (Lipinski definition) is 11. The molecule has 1 aromatic rings. The Labute approximate surface area is 179 Å². The van der Waals surface area contributed by atoms with Crippen LogP contribution in [0.15, 0.2) is 21.7 Å². The van der Waals surface area contributed by atoms with E-state index in [9.17, 15) is 18.9 Å². The number of carbonyl (C=O) groups is 3. The van der Waals surface area contributed by atoms with E-state index in [4.69, 9.17) is 22.9 Å². The van der Waals surface area contributed by atoms with Crippen LogP contribution in [0, 0.1) is 10.8 Å². The Morgan fingerprint density at radius 3 is 1.94 bits per heavy atom. The van der Waals surface area contributed by atoms with Crippen LogP contribution in [0.5, 0.6) is 0 Å². The minimum atomic E-state index is -4.23. The molecule has 0 fully saturated rings. The summed E-state index contributed by atoms with van der Waals surface area (Å²) in [4.78, 5) is 39.6. The Bertz CT molecular complexity index is 883. The summed E-state index contributed by atoms with van der Waals surface area (Å²) in [7, 11) is -4.23. The number of nitrogens with zero attached hydrogens (tertiary/aromatic N) is 1. The monoisotopic (exact) mass is 459 g/mol.